The van der Waals surface area contributed by atoms with E-state index in [-0.39, 0.29) is 6.61 Å². The van der Waals surface area contributed by atoms with Crippen LogP contribution in [0.2, 0.25) is 0 Å². The van der Waals surface area contributed by atoms with Crippen LogP contribution in [0.3, 0.4) is 0 Å². The van der Waals surface area contributed by atoms with Gasteiger partial charge in [0.25, 0.3) is 0 Å². The molecule has 0 bridgehead atoms. The monoisotopic (exact) mass is 205 g/mol. The third-order valence-corrected chi connectivity index (χ3v) is 3.93. The molecule has 0 aromatic carbocycles. The first-order chi connectivity index (χ1) is 6.16. The van der Waals surface area contributed by atoms with Gasteiger partial charge in [-0.15, -0.1) is 0 Å². The predicted molar refractivity (Wildman–Crippen MR) is 56.1 cm³/mol. The van der Waals surface area contributed by atoms with Gasteiger partial charge in [0, 0.05) is 17.8 Å². The van der Waals surface area contributed by atoms with Crippen molar-refractivity contribution in [1.29, 1.82) is 0 Å². The van der Waals surface area contributed by atoms with Crippen LogP contribution in [0, 0.1) is 0 Å². The van der Waals surface area contributed by atoms with Crippen LogP contribution in [0.1, 0.15) is 19.8 Å². The molecule has 1 rings (SSSR count). The average Bonchev–Trinajstić information content (AvgIpc) is 2.52. The van der Waals surface area contributed by atoms with Crippen LogP contribution >= 0.6 is 11.8 Å². The summed E-state index contributed by atoms with van der Waals surface area (Å²) in [6, 6.07) is 0. The minimum Gasteiger partial charge on any atom is -0.394 e. The molecule has 0 spiro atoms. The zero-order valence-electron chi connectivity index (χ0n) is 8.12. The smallest absolute Gasteiger partial charge is 0.0894 e. The van der Waals surface area contributed by atoms with Gasteiger partial charge in [0.1, 0.15) is 0 Å². The fourth-order valence-corrected chi connectivity index (χ4v) is 2.82. The molecule has 1 heterocycles. The molecule has 3 N–H and O–H groups in total. The Kier molecular flexibility index (Phi) is 4.52. The second-order valence-corrected chi connectivity index (χ2v) is 5.55. The Bertz CT molecular complexity index is 149. The van der Waals surface area contributed by atoms with Crippen LogP contribution in [0.25, 0.3) is 0 Å². The first-order valence-corrected chi connectivity index (χ1v) is 5.78. The molecule has 0 amide bonds. The molecule has 2 unspecified atom stereocenters. The predicted octanol–water partition coefficient (Wildman–Crippen LogP) is 0.215. The van der Waals surface area contributed by atoms with Crippen LogP contribution < -0.4 is 5.32 Å². The van der Waals surface area contributed by atoms with Crippen molar-refractivity contribution in [2.45, 2.75) is 30.6 Å². The van der Waals surface area contributed by atoms with Crippen molar-refractivity contribution in [2.75, 3.05) is 25.4 Å². The normalized spacial score (nSPS) is 30.7. The second kappa shape index (κ2) is 5.20. The molecule has 0 aromatic rings. The lowest BCUT2D eigenvalue weighted by atomic mass is 10.1. The van der Waals surface area contributed by atoms with Crippen molar-refractivity contribution < 1.29 is 10.2 Å². The quantitative estimate of drug-likeness (QED) is 0.601. The zero-order valence-corrected chi connectivity index (χ0v) is 8.94. The van der Waals surface area contributed by atoms with Crippen LogP contribution in [0.15, 0.2) is 0 Å². The van der Waals surface area contributed by atoms with E-state index >= 15 is 0 Å². The van der Waals surface area contributed by atoms with Crippen LogP contribution in [-0.2, 0) is 0 Å². The van der Waals surface area contributed by atoms with E-state index in [0.29, 0.717) is 11.3 Å². The van der Waals surface area contributed by atoms with Gasteiger partial charge in [-0.3, -0.25) is 0 Å². The maximum absolute atomic E-state index is 9.10. The molecule has 1 aliphatic rings. The first kappa shape index (κ1) is 11.3. The lowest BCUT2D eigenvalue weighted by molar-refractivity contribution is 0.0941. The van der Waals surface area contributed by atoms with Crippen molar-refractivity contribution in [3.05, 3.63) is 0 Å². The van der Waals surface area contributed by atoms with Gasteiger partial charge in [0.15, 0.2) is 0 Å². The third-order valence-electron chi connectivity index (χ3n) is 2.39. The Morgan fingerprint density at radius 2 is 2.38 bits per heavy atom. The summed E-state index contributed by atoms with van der Waals surface area (Å²) in [6.45, 7) is 3.52. The minimum atomic E-state index is -0.616. The second-order valence-electron chi connectivity index (χ2n) is 3.87. The lowest BCUT2D eigenvalue weighted by Crippen LogP contribution is -2.38. The summed E-state index contributed by atoms with van der Waals surface area (Å²) >= 11 is 2.00. The van der Waals surface area contributed by atoms with Gasteiger partial charge in [-0.1, -0.05) is 0 Å². The third kappa shape index (κ3) is 3.85. The molecule has 1 saturated heterocycles. The molecule has 2 atom stereocenters. The highest BCUT2D eigenvalue weighted by atomic mass is 32.2. The molecule has 1 aliphatic heterocycles. The molecule has 13 heavy (non-hydrogen) atoms. The van der Waals surface area contributed by atoms with Crippen molar-refractivity contribution in [3.63, 3.8) is 0 Å². The van der Waals surface area contributed by atoms with Crippen molar-refractivity contribution in [3.8, 4) is 0 Å². The Morgan fingerprint density at radius 1 is 1.62 bits per heavy atom. The molecule has 3 nitrogen and oxygen atoms in total. The van der Waals surface area contributed by atoms with E-state index in [1.807, 2.05) is 11.8 Å². The Labute approximate surface area is 83.9 Å². The van der Waals surface area contributed by atoms with Gasteiger partial charge >= 0.3 is 0 Å². The molecule has 4 heteroatoms. The fraction of sp³-hybridized carbons (Fsp3) is 1.00. The SMILES string of the molecule is CC1(CNCC(O)CO)CCCS1. The van der Waals surface area contributed by atoms with Crippen molar-refractivity contribution in [1.82, 2.24) is 5.32 Å². The molecular formula is C9H19NO2S. The summed E-state index contributed by atoms with van der Waals surface area (Å²) < 4.78 is 0.342. The van der Waals surface area contributed by atoms with Gasteiger partial charge in [0.05, 0.1) is 12.7 Å². The van der Waals surface area contributed by atoms with Crippen molar-refractivity contribution in [2.24, 2.45) is 0 Å². The summed E-state index contributed by atoms with van der Waals surface area (Å²) in [5, 5.41) is 20.9. The Balaban J connectivity index is 2.11. The average molecular weight is 205 g/mol. The molecule has 0 aliphatic carbocycles. The van der Waals surface area contributed by atoms with Gasteiger partial charge < -0.3 is 15.5 Å². The van der Waals surface area contributed by atoms with Gasteiger partial charge in [0.2, 0.25) is 0 Å². The van der Waals surface area contributed by atoms with E-state index in [1.54, 1.807) is 0 Å². The fourth-order valence-electron chi connectivity index (χ4n) is 1.54. The maximum Gasteiger partial charge on any atom is 0.0894 e. The highest BCUT2D eigenvalue weighted by Gasteiger charge is 2.28. The molecule has 0 saturated carbocycles. The molecule has 0 radical (unpaired) electrons. The zero-order chi connectivity index (χ0) is 9.73. The van der Waals surface area contributed by atoms with E-state index in [0.717, 1.165) is 6.54 Å². The molecule has 0 aromatic heterocycles. The number of thioether (sulfide) groups is 1. The summed E-state index contributed by atoms with van der Waals surface area (Å²) in [4.78, 5) is 0. The number of hydrogen-bond acceptors (Lipinski definition) is 4. The van der Waals surface area contributed by atoms with E-state index < -0.39 is 6.10 Å². The summed E-state index contributed by atoms with van der Waals surface area (Å²) in [5.74, 6) is 1.25. The number of hydrogen-bond donors (Lipinski definition) is 3. The summed E-state index contributed by atoms with van der Waals surface area (Å²) in [6.07, 6.45) is 1.93. The van der Waals surface area contributed by atoms with E-state index in [9.17, 15) is 0 Å². The standard InChI is InChI=1S/C9H19NO2S/c1-9(3-2-4-13-9)7-10-5-8(12)6-11/h8,10-12H,2-7H2,1H3. The summed E-state index contributed by atoms with van der Waals surface area (Å²) in [7, 11) is 0. The number of rotatable bonds is 5. The largest absolute Gasteiger partial charge is 0.394 e. The maximum atomic E-state index is 9.10. The van der Waals surface area contributed by atoms with E-state index in [1.165, 1.54) is 18.6 Å². The molecular weight excluding hydrogens is 186 g/mol. The number of aliphatic hydroxyl groups is 2. The topological polar surface area (TPSA) is 52.5 Å². The van der Waals surface area contributed by atoms with Crippen LogP contribution in [0.4, 0.5) is 0 Å². The minimum absolute atomic E-state index is 0.156. The number of aliphatic hydroxyl groups excluding tert-OH is 2. The molecule has 78 valence electrons. The number of nitrogens with one attached hydrogen (secondary N) is 1. The van der Waals surface area contributed by atoms with E-state index in [4.69, 9.17) is 10.2 Å². The lowest BCUT2D eigenvalue weighted by Gasteiger charge is -2.23. The van der Waals surface area contributed by atoms with Gasteiger partial charge in [-0.2, -0.15) is 11.8 Å². The summed E-state index contributed by atoms with van der Waals surface area (Å²) in [5.41, 5.74) is 0. The van der Waals surface area contributed by atoms with Crippen LogP contribution in [0.5, 0.6) is 0 Å². The first-order valence-electron chi connectivity index (χ1n) is 4.80. The Hall–Kier alpha value is 0.230. The van der Waals surface area contributed by atoms with Gasteiger partial charge in [-0.05, 0) is 25.5 Å². The van der Waals surface area contributed by atoms with Gasteiger partial charge in [-0.25, -0.2) is 0 Å². The van der Waals surface area contributed by atoms with Crippen LogP contribution in [-0.4, -0.2) is 46.5 Å². The van der Waals surface area contributed by atoms with E-state index in [2.05, 4.69) is 12.2 Å². The Morgan fingerprint density at radius 3 is 2.92 bits per heavy atom. The van der Waals surface area contributed by atoms with Crippen molar-refractivity contribution >= 4 is 11.8 Å². The highest BCUT2D eigenvalue weighted by molar-refractivity contribution is 8.00. The highest BCUT2D eigenvalue weighted by Crippen LogP contribution is 2.36. The molecule has 1 fully saturated rings.